The molecule has 1 aromatic heterocycles. The molecule has 4 aromatic rings. The van der Waals surface area contributed by atoms with Crippen LogP contribution in [0.25, 0.3) is 16.9 Å². The van der Waals surface area contributed by atoms with Crippen molar-refractivity contribution in [3.8, 4) is 16.9 Å². The van der Waals surface area contributed by atoms with Crippen molar-refractivity contribution in [2.24, 2.45) is 0 Å². The molecular weight excluding hydrogens is 462 g/mol. The van der Waals surface area contributed by atoms with Gasteiger partial charge < -0.3 is 10.1 Å². The van der Waals surface area contributed by atoms with Crippen LogP contribution in [0, 0.1) is 0 Å². The van der Waals surface area contributed by atoms with Gasteiger partial charge in [-0.05, 0) is 79.6 Å². The van der Waals surface area contributed by atoms with Crippen LogP contribution in [0.3, 0.4) is 0 Å². The molecule has 6 nitrogen and oxygen atoms in total. The fourth-order valence-electron chi connectivity index (χ4n) is 4.90. The van der Waals surface area contributed by atoms with Crippen molar-refractivity contribution in [1.82, 2.24) is 15.1 Å². The summed E-state index contributed by atoms with van der Waals surface area (Å²) in [6.07, 6.45) is 4.00. The van der Waals surface area contributed by atoms with Crippen molar-refractivity contribution in [2.75, 3.05) is 6.61 Å². The monoisotopic (exact) mass is 493 g/mol. The molecule has 6 heteroatoms. The largest absolute Gasteiger partial charge is 0.461 e. The third kappa shape index (κ3) is 5.19. The van der Waals surface area contributed by atoms with Gasteiger partial charge in [0.1, 0.15) is 0 Å². The lowest BCUT2D eigenvalue weighted by Gasteiger charge is -2.26. The zero-order valence-corrected chi connectivity index (χ0v) is 21.2. The summed E-state index contributed by atoms with van der Waals surface area (Å²) in [6.45, 7) is 4.17. The Kier molecular flexibility index (Phi) is 7.17. The van der Waals surface area contributed by atoms with Gasteiger partial charge in [-0.3, -0.25) is 4.79 Å². The molecule has 1 aliphatic carbocycles. The van der Waals surface area contributed by atoms with E-state index in [-0.39, 0.29) is 24.2 Å². The molecule has 0 radical (unpaired) electrons. The summed E-state index contributed by atoms with van der Waals surface area (Å²) in [5.41, 5.74) is 7.05. The van der Waals surface area contributed by atoms with Gasteiger partial charge >= 0.3 is 5.97 Å². The number of aryl methyl sites for hydroxylation is 2. The number of amides is 1. The number of carbonyl (C=O) groups excluding carboxylic acids is 2. The third-order valence-corrected chi connectivity index (χ3v) is 6.90. The lowest BCUT2D eigenvalue weighted by Crippen LogP contribution is -2.30. The second-order valence-electron chi connectivity index (χ2n) is 9.26. The molecule has 0 fully saturated rings. The third-order valence-electron chi connectivity index (χ3n) is 6.90. The number of hydrogen-bond donors (Lipinski definition) is 1. The Balaban J connectivity index is 1.41. The van der Waals surface area contributed by atoms with Gasteiger partial charge in [0.15, 0.2) is 5.69 Å². The number of fused-ring (bicyclic) bond motifs is 1. The van der Waals surface area contributed by atoms with E-state index in [1.807, 2.05) is 30.3 Å². The maximum Gasteiger partial charge on any atom is 0.358 e. The molecule has 3 aromatic carbocycles. The number of hydrogen-bond acceptors (Lipinski definition) is 4. The standard InChI is InChI=1S/C31H31N3O3/c1-3-21-12-14-23(15-13-21)29-20-28(31(36)37-4-2)33-34(29)25-18-16-24(17-19-25)30(35)32-27-11-7-9-22-8-5-6-10-26(22)27/h5-6,8,10,12-20,27H,3-4,7,9,11H2,1-2H3,(H,32,35)/t27-/m1/s1. The molecule has 1 heterocycles. The van der Waals surface area contributed by atoms with Crippen molar-refractivity contribution in [2.45, 2.75) is 45.6 Å². The quantitative estimate of drug-likeness (QED) is 0.317. The number of nitrogens with zero attached hydrogens (tertiary/aromatic N) is 2. The van der Waals surface area contributed by atoms with E-state index in [1.54, 1.807) is 29.8 Å². The van der Waals surface area contributed by atoms with Gasteiger partial charge in [0.2, 0.25) is 0 Å². The maximum absolute atomic E-state index is 13.1. The number of ether oxygens (including phenoxy) is 1. The van der Waals surface area contributed by atoms with E-state index < -0.39 is 5.97 Å². The van der Waals surface area contributed by atoms with Crippen molar-refractivity contribution >= 4 is 11.9 Å². The zero-order valence-electron chi connectivity index (χ0n) is 21.2. The first-order valence-electron chi connectivity index (χ1n) is 12.9. The van der Waals surface area contributed by atoms with Crippen LogP contribution in [0.15, 0.2) is 78.9 Å². The van der Waals surface area contributed by atoms with E-state index in [2.05, 4.69) is 47.7 Å². The first-order valence-corrected chi connectivity index (χ1v) is 12.9. The number of esters is 1. The van der Waals surface area contributed by atoms with Gasteiger partial charge in [0, 0.05) is 11.1 Å². The Morgan fingerprint density at radius 2 is 1.76 bits per heavy atom. The summed E-state index contributed by atoms with van der Waals surface area (Å²) < 4.78 is 6.91. The molecule has 5 rings (SSSR count). The van der Waals surface area contributed by atoms with E-state index in [0.29, 0.717) is 5.56 Å². The molecule has 1 atom stereocenters. The molecular formula is C31H31N3O3. The van der Waals surface area contributed by atoms with E-state index >= 15 is 0 Å². The topological polar surface area (TPSA) is 73.2 Å². The van der Waals surface area contributed by atoms with Gasteiger partial charge in [-0.2, -0.15) is 5.10 Å². The Morgan fingerprint density at radius 3 is 2.49 bits per heavy atom. The van der Waals surface area contributed by atoms with E-state index in [0.717, 1.165) is 42.6 Å². The lowest BCUT2D eigenvalue weighted by molar-refractivity contribution is 0.0518. The summed E-state index contributed by atoms with van der Waals surface area (Å²) >= 11 is 0. The summed E-state index contributed by atoms with van der Waals surface area (Å²) in [7, 11) is 0. The summed E-state index contributed by atoms with van der Waals surface area (Å²) in [5.74, 6) is -0.562. The first-order chi connectivity index (χ1) is 18.1. The van der Waals surface area contributed by atoms with Crippen LogP contribution < -0.4 is 5.32 Å². The number of rotatable bonds is 7. The van der Waals surface area contributed by atoms with Gasteiger partial charge in [0.05, 0.1) is 24.0 Å². The van der Waals surface area contributed by atoms with Crippen LogP contribution in [-0.2, 0) is 17.6 Å². The second-order valence-corrected chi connectivity index (χ2v) is 9.26. The van der Waals surface area contributed by atoms with Crippen molar-refractivity contribution < 1.29 is 14.3 Å². The van der Waals surface area contributed by atoms with E-state index in [4.69, 9.17) is 4.74 Å². The van der Waals surface area contributed by atoms with Crippen LogP contribution >= 0.6 is 0 Å². The predicted molar refractivity (Wildman–Crippen MR) is 144 cm³/mol. The molecule has 0 unspecified atom stereocenters. The highest BCUT2D eigenvalue weighted by Crippen LogP contribution is 2.30. The van der Waals surface area contributed by atoms with Crippen LogP contribution in [-0.4, -0.2) is 28.3 Å². The maximum atomic E-state index is 13.1. The highest BCUT2D eigenvalue weighted by molar-refractivity contribution is 5.94. The van der Waals surface area contributed by atoms with Crippen molar-refractivity contribution in [1.29, 1.82) is 0 Å². The van der Waals surface area contributed by atoms with Gasteiger partial charge in [-0.15, -0.1) is 0 Å². The minimum atomic E-state index is -0.462. The molecule has 37 heavy (non-hydrogen) atoms. The number of benzene rings is 3. The van der Waals surface area contributed by atoms with Gasteiger partial charge in [-0.25, -0.2) is 9.48 Å². The van der Waals surface area contributed by atoms with Crippen molar-refractivity contribution in [3.63, 3.8) is 0 Å². The SMILES string of the molecule is CCOC(=O)c1cc(-c2ccc(CC)cc2)n(-c2ccc(C(=O)N[C@@H]3CCCc4ccccc43)cc2)n1. The predicted octanol–water partition coefficient (Wildman–Crippen LogP) is 6.09. The molecule has 0 bridgehead atoms. The van der Waals surface area contributed by atoms with Crippen LogP contribution in [0.4, 0.5) is 0 Å². The molecule has 1 amide bonds. The fraction of sp³-hybridized carbons (Fsp3) is 0.258. The van der Waals surface area contributed by atoms with Crippen LogP contribution in [0.5, 0.6) is 0 Å². The minimum Gasteiger partial charge on any atom is -0.461 e. The first kappa shape index (κ1) is 24.5. The fourth-order valence-corrected chi connectivity index (χ4v) is 4.90. The Hall–Kier alpha value is -4.19. The normalized spacial score (nSPS) is 14.6. The van der Waals surface area contributed by atoms with Crippen LogP contribution in [0.1, 0.15) is 70.3 Å². The summed E-state index contributed by atoms with van der Waals surface area (Å²) in [6, 6.07) is 25.6. The highest BCUT2D eigenvalue weighted by Gasteiger charge is 2.22. The smallest absolute Gasteiger partial charge is 0.358 e. The number of carbonyl (C=O) groups is 2. The molecule has 188 valence electrons. The average molecular weight is 494 g/mol. The van der Waals surface area contributed by atoms with E-state index in [1.165, 1.54) is 16.7 Å². The number of aromatic nitrogens is 2. The molecule has 1 N–H and O–H groups in total. The summed E-state index contributed by atoms with van der Waals surface area (Å²) in [4.78, 5) is 25.5. The Bertz CT molecular complexity index is 1400. The molecule has 1 aliphatic rings. The molecule has 0 spiro atoms. The second kappa shape index (κ2) is 10.8. The Labute approximate surface area is 217 Å². The zero-order chi connectivity index (χ0) is 25.8. The molecule has 0 saturated heterocycles. The number of nitrogens with one attached hydrogen (secondary N) is 1. The van der Waals surface area contributed by atoms with Crippen LogP contribution in [0.2, 0.25) is 0 Å². The van der Waals surface area contributed by atoms with Crippen molar-refractivity contribution in [3.05, 3.63) is 107 Å². The molecule has 0 saturated carbocycles. The van der Waals surface area contributed by atoms with Gasteiger partial charge in [0.25, 0.3) is 5.91 Å². The Morgan fingerprint density at radius 1 is 1.00 bits per heavy atom. The average Bonchev–Trinajstić information content (AvgIpc) is 3.39. The lowest BCUT2D eigenvalue weighted by atomic mass is 9.87. The summed E-state index contributed by atoms with van der Waals surface area (Å²) in [5, 5.41) is 7.76. The highest BCUT2D eigenvalue weighted by atomic mass is 16.5. The van der Waals surface area contributed by atoms with E-state index in [9.17, 15) is 9.59 Å². The van der Waals surface area contributed by atoms with Gasteiger partial charge in [-0.1, -0.05) is 55.5 Å². The molecule has 0 aliphatic heterocycles. The minimum absolute atomic E-state index is 0.0214.